The van der Waals surface area contributed by atoms with Gasteiger partial charge in [0, 0.05) is 25.7 Å². The van der Waals surface area contributed by atoms with Gasteiger partial charge in [-0.25, -0.2) is 8.42 Å². The first-order chi connectivity index (χ1) is 14.7. The average Bonchev–Trinajstić information content (AvgIpc) is 2.75. The number of hydrogen-bond acceptors (Lipinski definition) is 4. The summed E-state index contributed by atoms with van der Waals surface area (Å²) < 4.78 is 27.2. The Kier molecular flexibility index (Phi) is 7.35. The van der Waals surface area contributed by atoms with Gasteiger partial charge < -0.3 is 10.2 Å². The standard InChI is InChI=1S/C22H26ClN3O4S/c1-16-6-5-13-26(14-16)31(29,30)18-11-9-17(10-12-18)22(28)25(2)15-21(27)24-20-8-4-3-7-19(20)23/h3-4,7-12,16H,5-6,13-15H2,1-2H3,(H,24,27). The number of carbonyl (C=O) groups is 2. The highest BCUT2D eigenvalue weighted by Crippen LogP contribution is 2.24. The molecule has 0 bridgehead atoms. The number of hydrogen-bond donors (Lipinski definition) is 1. The van der Waals surface area contributed by atoms with Gasteiger partial charge in [-0.05, 0) is 55.2 Å². The van der Waals surface area contributed by atoms with Crippen LogP contribution < -0.4 is 5.32 Å². The molecular weight excluding hydrogens is 438 g/mol. The third kappa shape index (κ3) is 5.64. The number of piperidine rings is 1. The van der Waals surface area contributed by atoms with Crippen molar-refractivity contribution in [2.75, 3.05) is 32.0 Å². The molecule has 1 unspecified atom stereocenters. The second-order valence-electron chi connectivity index (χ2n) is 7.82. The number of likely N-dealkylation sites (N-methyl/N-ethyl adjacent to an activating group) is 1. The van der Waals surface area contributed by atoms with Gasteiger partial charge in [-0.15, -0.1) is 0 Å². The van der Waals surface area contributed by atoms with Gasteiger partial charge in [0.2, 0.25) is 15.9 Å². The summed E-state index contributed by atoms with van der Waals surface area (Å²) in [6.07, 6.45) is 1.87. The number of benzene rings is 2. The predicted molar refractivity (Wildman–Crippen MR) is 121 cm³/mol. The molecule has 1 saturated heterocycles. The number of nitrogens with one attached hydrogen (secondary N) is 1. The lowest BCUT2D eigenvalue weighted by Crippen LogP contribution is -2.39. The summed E-state index contributed by atoms with van der Waals surface area (Å²) in [6.45, 7) is 2.89. The number of sulfonamides is 1. The first-order valence-corrected chi connectivity index (χ1v) is 11.9. The van der Waals surface area contributed by atoms with Crippen molar-refractivity contribution in [3.05, 3.63) is 59.1 Å². The summed E-state index contributed by atoms with van der Waals surface area (Å²) in [6, 6.07) is 12.7. The van der Waals surface area contributed by atoms with E-state index in [9.17, 15) is 18.0 Å². The van der Waals surface area contributed by atoms with Gasteiger partial charge in [0.1, 0.15) is 0 Å². The Morgan fingerprint density at radius 1 is 1.16 bits per heavy atom. The van der Waals surface area contributed by atoms with Gasteiger partial charge in [-0.1, -0.05) is 30.7 Å². The fourth-order valence-corrected chi connectivity index (χ4v) is 5.32. The van der Waals surface area contributed by atoms with Crippen LogP contribution >= 0.6 is 11.6 Å². The molecule has 166 valence electrons. The zero-order chi connectivity index (χ0) is 22.6. The smallest absolute Gasteiger partial charge is 0.254 e. The molecule has 9 heteroatoms. The van der Waals surface area contributed by atoms with E-state index in [1.807, 2.05) is 6.92 Å². The summed E-state index contributed by atoms with van der Waals surface area (Å²) in [4.78, 5) is 26.3. The van der Waals surface area contributed by atoms with Crippen LogP contribution in [0.25, 0.3) is 0 Å². The van der Waals surface area contributed by atoms with Crippen LogP contribution in [0.1, 0.15) is 30.1 Å². The molecule has 0 radical (unpaired) electrons. The lowest BCUT2D eigenvalue weighted by atomic mass is 10.0. The number of anilines is 1. The normalized spacial score (nSPS) is 17.2. The Morgan fingerprint density at radius 3 is 2.48 bits per heavy atom. The topological polar surface area (TPSA) is 86.8 Å². The van der Waals surface area contributed by atoms with Gasteiger partial charge in [0.25, 0.3) is 5.91 Å². The Bertz CT molecular complexity index is 1060. The molecule has 1 heterocycles. The van der Waals surface area contributed by atoms with Gasteiger partial charge in [-0.2, -0.15) is 4.31 Å². The first-order valence-electron chi connectivity index (χ1n) is 10.1. The molecule has 0 aromatic heterocycles. The second kappa shape index (κ2) is 9.80. The van der Waals surface area contributed by atoms with E-state index in [1.54, 1.807) is 24.3 Å². The average molecular weight is 464 g/mol. The van der Waals surface area contributed by atoms with Crippen LogP contribution in [0.2, 0.25) is 5.02 Å². The zero-order valence-electron chi connectivity index (χ0n) is 17.5. The van der Waals surface area contributed by atoms with Crippen molar-refractivity contribution in [3.63, 3.8) is 0 Å². The fourth-order valence-electron chi connectivity index (χ4n) is 3.54. The largest absolute Gasteiger partial charge is 0.332 e. The van der Waals surface area contributed by atoms with Crippen LogP contribution in [0.4, 0.5) is 5.69 Å². The number of nitrogens with zero attached hydrogens (tertiary/aromatic N) is 2. The Balaban J connectivity index is 1.64. The third-order valence-corrected chi connectivity index (χ3v) is 7.44. The SMILES string of the molecule is CC1CCCN(S(=O)(=O)c2ccc(C(=O)N(C)CC(=O)Nc3ccccc3Cl)cc2)C1. The van der Waals surface area contributed by atoms with E-state index >= 15 is 0 Å². The van der Waals surface area contributed by atoms with Crippen LogP contribution in [0.15, 0.2) is 53.4 Å². The molecule has 1 aliphatic heterocycles. The van der Waals surface area contributed by atoms with Crippen molar-refractivity contribution >= 4 is 39.1 Å². The third-order valence-electron chi connectivity index (χ3n) is 5.23. The molecule has 0 aliphatic carbocycles. The number of amides is 2. The van der Waals surface area contributed by atoms with Crippen LogP contribution in [-0.2, 0) is 14.8 Å². The highest BCUT2D eigenvalue weighted by molar-refractivity contribution is 7.89. The molecular formula is C22H26ClN3O4S. The number of halogens is 1. The molecule has 1 N–H and O–H groups in total. The minimum Gasteiger partial charge on any atom is -0.332 e. The van der Waals surface area contributed by atoms with E-state index in [-0.39, 0.29) is 23.3 Å². The number of rotatable bonds is 6. The predicted octanol–water partition coefficient (Wildman–Crippen LogP) is 3.47. The molecule has 0 spiro atoms. The Hall–Kier alpha value is -2.42. The van der Waals surface area contributed by atoms with E-state index in [0.717, 1.165) is 12.8 Å². The summed E-state index contributed by atoms with van der Waals surface area (Å²) >= 11 is 6.03. The molecule has 1 atom stereocenters. The van der Waals surface area contributed by atoms with E-state index in [2.05, 4.69) is 5.32 Å². The molecule has 2 aromatic carbocycles. The summed E-state index contributed by atoms with van der Waals surface area (Å²) in [7, 11) is -2.08. The number of para-hydroxylation sites is 1. The molecule has 1 aliphatic rings. The Morgan fingerprint density at radius 2 is 1.84 bits per heavy atom. The molecule has 3 rings (SSSR count). The van der Waals surface area contributed by atoms with Crippen LogP contribution in [0.3, 0.4) is 0 Å². The second-order valence-corrected chi connectivity index (χ2v) is 10.2. The quantitative estimate of drug-likeness (QED) is 0.710. The highest BCUT2D eigenvalue weighted by Gasteiger charge is 2.28. The highest BCUT2D eigenvalue weighted by atomic mass is 35.5. The monoisotopic (exact) mass is 463 g/mol. The van der Waals surface area contributed by atoms with Crippen molar-refractivity contribution in [1.82, 2.24) is 9.21 Å². The van der Waals surface area contributed by atoms with Gasteiger partial charge >= 0.3 is 0 Å². The van der Waals surface area contributed by atoms with Gasteiger partial charge in [-0.3, -0.25) is 9.59 Å². The lowest BCUT2D eigenvalue weighted by molar-refractivity contribution is -0.116. The molecule has 2 amide bonds. The zero-order valence-corrected chi connectivity index (χ0v) is 19.1. The van der Waals surface area contributed by atoms with Crippen molar-refractivity contribution in [1.29, 1.82) is 0 Å². The summed E-state index contributed by atoms with van der Waals surface area (Å²) in [5.41, 5.74) is 0.774. The van der Waals surface area contributed by atoms with E-state index in [1.165, 1.54) is 40.5 Å². The molecule has 1 fully saturated rings. The maximum atomic E-state index is 12.9. The van der Waals surface area contributed by atoms with Gasteiger partial charge in [0.05, 0.1) is 22.2 Å². The maximum Gasteiger partial charge on any atom is 0.254 e. The van der Waals surface area contributed by atoms with Crippen molar-refractivity contribution in [2.24, 2.45) is 5.92 Å². The number of carbonyl (C=O) groups excluding carboxylic acids is 2. The Labute approximate surface area is 188 Å². The maximum absolute atomic E-state index is 12.9. The van der Waals surface area contributed by atoms with Crippen LogP contribution in [0, 0.1) is 5.92 Å². The fraction of sp³-hybridized carbons (Fsp3) is 0.364. The van der Waals surface area contributed by atoms with E-state index in [0.29, 0.717) is 35.3 Å². The lowest BCUT2D eigenvalue weighted by Gasteiger charge is -2.30. The molecule has 2 aromatic rings. The van der Waals surface area contributed by atoms with Crippen molar-refractivity contribution in [3.8, 4) is 0 Å². The summed E-state index contributed by atoms with van der Waals surface area (Å²) in [5, 5.41) is 3.07. The first kappa shape index (κ1) is 23.2. The summed E-state index contributed by atoms with van der Waals surface area (Å²) in [5.74, 6) is -0.442. The minimum absolute atomic E-state index is 0.164. The van der Waals surface area contributed by atoms with Crippen molar-refractivity contribution in [2.45, 2.75) is 24.7 Å². The van der Waals surface area contributed by atoms with E-state index < -0.39 is 10.0 Å². The molecule has 0 saturated carbocycles. The van der Waals surface area contributed by atoms with Crippen LogP contribution in [-0.4, -0.2) is 56.1 Å². The molecule has 31 heavy (non-hydrogen) atoms. The van der Waals surface area contributed by atoms with Crippen molar-refractivity contribution < 1.29 is 18.0 Å². The van der Waals surface area contributed by atoms with Gasteiger partial charge in [0.15, 0.2) is 0 Å². The molecule has 7 nitrogen and oxygen atoms in total. The minimum atomic E-state index is -3.58. The van der Waals surface area contributed by atoms with Crippen LogP contribution in [0.5, 0.6) is 0 Å². The van der Waals surface area contributed by atoms with E-state index in [4.69, 9.17) is 11.6 Å².